The van der Waals surface area contributed by atoms with Gasteiger partial charge in [0.15, 0.2) is 11.1 Å². The summed E-state index contributed by atoms with van der Waals surface area (Å²) in [5.41, 5.74) is 3.76. The van der Waals surface area contributed by atoms with Crippen LogP contribution in [0.15, 0.2) is 46.9 Å². The normalized spacial score (nSPS) is 11.0. The quantitative estimate of drug-likeness (QED) is 0.780. The van der Waals surface area contributed by atoms with Crippen LogP contribution in [0.4, 0.5) is 0 Å². The molecular formula is C17H18N2O2. The standard InChI is InChI=1S/C17H18N2O2/c1-18-11-10-12-6-3-4-7-13(12)17-19-16-14(20-2)8-5-9-15(16)21-17/h3-9,18H,10-11H2,1-2H3. The molecule has 0 aliphatic rings. The van der Waals surface area contributed by atoms with Crippen LogP contribution in [0, 0.1) is 0 Å². The van der Waals surface area contributed by atoms with E-state index in [-0.39, 0.29) is 0 Å². The average Bonchev–Trinajstić information content (AvgIpc) is 2.97. The van der Waals surface area contributed by atoms with Crippen molar-refractivity contribution >= 4 is 11.1 Å². The molecule has 0 bridgehead atoms. The van der Waals surface area contributed by atoms with Crippen LogP contribution >= 0.6 is 0 Å². The van der Waals surface area contributed by atoms with Gasteiger partial charge in [0.25, 0.3) is 0 Å². The van der Waals surface area contributed by atoms with Crippen LogP contribution in [0.1, 0.15) is 5.56 Å². The number of hydrogen-bond donors (Lipinski definition) is 1. The molecule has 0 aliphatic carbocycles. The van der Waals surface area contributed by atoms with Gasteiger partial charge in [-0.25, -0.2) is 4.98 Å². The van der Waals surface area contributed by atoms with Gasteiger partial charge in [0.2, 0.25) is 5.89 Å². The number of ether oxygens (including phenoxy) is 1. The van der Waals surface area contributed by atoms with Crippen LogP contribution < -0.4 is 10.1 Å². The second-order valence-corrected chi connectivity index (χ2v) is 4.84. The molecule has 4 heteroatoms. The Bertz CT molecular complexity index is 749. The first-order valence-corrected chi connectivity index (χ1v) is 7.00. The number of aromatic nitrogens is 1. The molecule has 3 rings (SSSR count). The Hall–Kier alpha value is -2.33. The maximum atomic E-state index is 5.91. The van der Waals surface area contributed by atoms with Gasteiger partial charge in [0.05, 0.1) is 7.11 Å². The maximum absolute atomic E-state index is 5.91. The molecule has 0 saturated carbocycles. The summed E-state index contributed by atoms with van der Waals surface area (Å²) in [6.07, 6.45) is 0.933. The Kier molecular flexibility index (Phi) is 3.88. The monoisotopic (exact) mass is 282 g/mol. The topological polar surface area (TPSA) is 47.3 Å². The molecule has 4 nitrogen and oxygen atoms in total. The molecule has 0 fully saturated rings. The number of nitrogens with zero attached hydrogens (tertiary/aromatic N) is 1. The molecule has 21 heavy (non-hydrogen) atoms. The van der Waals surface area contributed by atoms with Gasteiger partial charge in [-0.15, -0.1) is 0 Å². The van der Waals surface area contributed by atoms with Crippen LogP contribution in [0.2, 0.25) is 0 Å². The number of benzene rings is 2. The van der Waals surface area contributed by atoms with Gasteiger partial charge >= 0.3 is 0 Å². The molecule has 1 N–H and O–H groups in total. The van der Waals surface area contributed by atoms with Gasteiger partial charge in [-0.3, -0.25) is 0 Å². The van der Waals surface area contributed by atoms with Crippen molar-refractivity contribution in [2.75, 3.05) is 20.7 Å². The molecule has 0 aliphatic heterocycles. The SMILES string of the molecule is CNCCc1ccccc1-c1nc2c(OC)cccc2o1. The second-order valence-electron chi connectivity index (χ2n) is 4.84. The molecule has 0 saturated heterocycles. The highest BCUT2D eigenvalue weighted by molar-refractivity contribution is 5.82. The second kappa shape index (κ2) is 5.97. The van der Waals surface area contributed by atoms with Crippen LogP contribution in [0.5, 0.6) is 5.75 Å². The zero-order chi connectivity index (χ0) is 14.7. The third kappa shape index (κ3) is 2.62. The minimum atomic E-state index is 0.640. The number of fused-ring (bicyclic) bond motifs is 1. The first-order chi connectivity index (χ1) is 10.3. The Morgan fingerprint density at radius 2 is 2.00 bits per heavy atom. The van der Waals surface area contributed by atoms with Gasteiger partial charge in [-0.2, -0.15) is 0 Å². The Morgan fingerprint density at radius 1 is 1.14 bits per heavy atom. The smallest absolute Gasteiger partial charge is 0.227 e. The highest BCUT2D eigenvalue weighted by Crippen LogP contribution is 2.31. The minimum Gasteiger partial charge on any atom is -0.494 e. The van der Waals surface area contributed by atoms with E-state index < -0.39 is 0 Å². The molecular weight excluding hydrogens is 264 g/mol. The lowest BCUT2D eigenvalue weighted by molar-refractivity contribution is 0.419. The van der Waals surface area contributed by atoms with E-state index in [1.54, 1.807) is 7.11 Å². The number of likely N-dealkylation sites (N-methyl/N-ethyl adjacent to an activating group) is 1. The van der Waals surface area contributed by atoms with E-state index in [9.17, 15) is 0 Å². The van der Waals surface area contributed by atoms with Gasteiger partial charge in [-0.1, -0.05) is 24.3 Å². The summed E-state index contributed by atoms with van der Waals surface area (Å²) >= 11 is 0. The van der Waals surface area contributed by atoms with E-state index in [0.29, 0.717) is 5.89 Å². The number of rotatable bonds is 5. The first kappa shape index (κ1) is 13.6. The Morgan fingerprint density at radius 3 is 2.81 bits per heavy atom. The van der Waals surface area contributed by atoms with Crippen molar-refractivity contribution < 1.29 is 9.15 Å². The fourth-order valence-corrected chi connectivity index (χ4v) is 2.41. The fourth-order valence-electron chi connectivity index (χ4n) is 2.41. The van der Waals surface area contributed by atoms with Crippen molar-refractivity contribution in [3.63, 3.8) is 0 Å². The number of hydrogen-bond acceptors (Lipinski definition) is 4. The number of nitrogens with one attached hydrogen (secondary N) is 1. The molecule has 0 atom stereocenters. The van der Waals surface area contributed by atoms with Crippen LogP contribution in [-0.2, 0) is 6.42 Å². The minimum absolute atomic E-state index is 0.640. The molecule has 0 amide bonds. The Balaban J connectivity index is 2.08. The van der Waals surface area contributed by atoms with Crippen molar-refractivity contribution in [1.29, 1.82) is 0 Å². The molecule has 0 radical (unpaired) electrons. The molecule has 1 heterocycles. The lowest BCUT2D eigenvalue weighted by Crippen LogP contribution is -2.10. The number of oxazole rings is 1. The lowest BCUT2D eigenvalue weighted by atomic mass is 10.0. The number of methoxy groups -OCH3 is 1. The molecule has 108 valence electrons. The van der Waals surface area contributed by atoms with Crippen molar-refractivity contribution in [3.05, 3.63) is 48.0 Å². The largest absolute Gasteiger partial charge is 0.494 e. The molecule has 0 unspecified atom stereocenters. The fraction of sp³-hybridized carbons (Fsp3) is 0.235. The summed E-state index contributed by atoms with van der Waals surface area (Å²) in [6.45, 7) is 0.917. The van der Waals surface area contributed by atoms with Gasteiger partial charge in [-0.05, 0) is 43.8 Å². The summed E-state index contributed by atoms with van der Waals surface area (Å²) < 4.78 is 11.2. The lowest BCUT2D eigenvalue weighted by Gasteiger charge is -2.05. The van der Waals surface area contributed by atoms with Crippen molar-refractivity contribution in [1.82, 2.24) is 10.3 Å². The summed E-state index contributed by atoms with van der Waals surface area (Å²) in [5.74, 6) is 1.37. The van der Waals surface area contributed by atoms with E-state index in [2.05, 4.69) is 16.4 Å². The van der Waals surface area contributed by atoms with E-state index in [0.717, 1.165) is 35.4 Å². The molecule has 1 aromatic heterocycles. The van der Waals surface area contributed by atoms with Crippen LogP contribution in [-0.4, -0.2) is 25.7 Å². The van der Waals surface area contributed by atoms with E-state index in [1.807, 2.05) is 43.4 Å². The van der Waals surface area contributed by atoms with Gasteiger partial charge in [0.1, 0.15) is 5.75 Å². The van der Waals surface area contributed by atoms with E-state index in [1.165, 1.54) is 5.56 Å². The summed E-state index contributed by atoms with van der Waals surface area (Å²) in [7, 11) is 3.59. The van der Waals surface area contributed by atoms with E-state index in [4.69, 9.17) is 9.15 Å². The van der Waals surface area contributed by atoms with Crippen molar-refractivity contribution in [2.24, 2.45) is 0 Å². The third-order valence-electron chi connectivity index (χ3n) is 3.49. The predicted molar refractivity (Wildman–Crippen MR) is 83.6 cm³/mol. The van der Waals surface area contributed by atoms with Gasteiger partial charge in [0, 0.05) is 5.56 Å². The third-order valence-corrected chi connectivity index (χ3v) is 3.49. The zero-order valence-corrected chi connectivity index (χ0v) is 12.2. The van der Waals surface area contributed by atoms with Crippen molar-refractivity contribution in [3.8, 4) is 17.2 Å². The Labute approximate surface area is 123 Å². The predicted octanol–water partition coefficient (Wildman–Crippen LogP) is 3.27. The van der Waals surface area contributed by atoms with Crippen LogP contribution in [0.25, 0.3) is 22.6 Å². The maximum Gasteiger partial charge on any atom is 0.227 e. The summed E-state index contributed by atoms with van der Waals surface area (Å²) in [4.78, 5) is 4.61. The molecule has 2 aromatic carbocycles. The zero-order valence-electron chi connectivity index (χ0n) is 12.2. The average molecular weight is 282 g/mol. The van der Waals surface area contributed by atoms with Crippen LogP contribution in [0.3, 0.4) is 0 Å². The molecule has 0 spiro atoms. The number of para-hydroxylation sites is 1. The van der Waals surface area contributed by atoms with Gasteiger partial charge < -0.3 is 14.5 Å². The highest BCUT2D eigenvalue weighted by atomic mass is 16.5. The first-order valence-electron chi connectivity index (χ1n) is 7.00. The van der Waals surface area contributed by atoms with Crippen molar-refractivity contribution in [2.45, 2.75) is 6.42 Å². The van der Waals surface area contributed by atoms with E-state index >= 15 is 0 Å². The summed E-state index contributed by atoms with van der Waals surface area (Å²) in [6, 6.07) is 13.9. The summed E-state index contributed by atoms with van der Waals surface area (Å²) in [5, 5.41) is 3.17. The molecule has 3 aromatic rings. The highest BCUT2D eigenvalue weighted by Gasteiger charge is 2.14.